The van der Waals surface area contributed by atoms with Crippen molar-refractivity contribution < 1.29 is 38.7 Å². The van der Waals surface area contributed by atoms with Crippen LogP contribution in [0.3, 0.4) is 0 Å². The van der Waals surface area contributed by atoms with Gasteiger partial charge in [-0.2, -0.15) is 0 Å². The molecule has 0 amide bonds. The molecular formula is C34H54O8. The van der Waals surface area contributed by atoms with Crippen molar-refractivity contribution >= 4 is 11.9 Å². The van der Waals surface area contributed by atoms with Crippen LogP contribution < -0.4 is 0 Å². The Morgan fingerprint density at radius 2 is 0.976 bits per heavy atom. The smallest absolute Gasteiger partial charge is 0.306 e. The van der Waals surface area contributed by atoms with Crippen LogP contribution in [-0.2, 0) is 28.5 Å². The second-order valence-electron chi connectivity index (χ2n) is 13.9. The molecule has 2 unspecified atom stereocenters. The molecule has 0 aromatic rings. The van der Waals surface area contributed by atoms with Gasteiger partial charge in [-0.15, -0.1) is 0 Å². The largest absolute Gasteiger partial charge is 0.463 e. The molecule has 2 rings (SSSR count). The van der Waals surface area contributed by atoms with Crippen LogP contribution in [0.25, 0.3) is 0 Å². The van der Waals surface area contributed by atoms with Crippen molar-refractivity contribution in [3.8, 4) is 0 Å². The zero-order valence-corrected chi connectivity index (χ0v) is 27.1. The first kappa shape index (κ1) is 35.9. The van der Waals surface area contributed by atoms with Crippen molar-refractivity contribution in [3.05, 3.63) is 46.6 Å². The van der Waals surface area contributed by atoms with Crippen LogP contribution in [0.1, 0.15) is 93.9 Å². The summed E-state index contributed by atoms with van der Waals surface area (Å²) in [4.78, 5) is 24.3. The Bertz CT molecular complexity index is 960. The molecule has 8 nitrogen and oxygen atoms in total. The summed E-state index contributed by atoms with van der Waals surface area (Å²) in [7, 11) is 0. The summed E-state index contributed by atoms with van der Waals surface area (Å²) in [6.07, 6.45) is 10.6. The van der Waals surface area contributed by atoms with Gasteiger partial charge in [0.1, 0.15) is 13.2 Å². The van der Waals surface area contributed by atoms with E-state index in [0.717, 1.165) is 24.0 Å². The van der Waals surface area contributed by atoms with E-state index in [1.165, 1.54) is 11.1 Å². The van der Waals surface area contributed by atoms with Crippen molar-refractivity contribution in [2.24, 2.45) is 10.8 Å². The zero-order valence-electron chi connectivity index (χ0n) is 27.1. The average Bonchev–Trinajstić information content (AvgIpc) is 2.84. The highest BCUT2D eigenvalue weighted by atomic mass is 16.6. The average molecular weight is 591 g/mol. The van der Waals surface area contributed by atoms with Crippen LogP contribution in [-0.4, -0.2) is 73.0 Å². The van der Waals surface area contributed by atoms with Crippen LogP contribution in [0.5, 0.6) is 0 Å². The Kier molecular flexibility index (Phi) is 13.2. The SMILES string of the molecule is CC1(O)C=C(CCC(=O)OCCOCCOCCOC(=O)CCC2=CC(C)(O)C=C(C(C)(C)C)C2)CC(C(C)(C)C)=C1. The maximum Gasteiger partial charge on any atom is 0.306 e. The van der Waals surface area contributed by atoms with Crippen molar-refractivity contribution in [3.63, 3.8) is 0 Å². The predicted octanol–water partition coefficient (Wildman–Crippen LogP) is 5.77. The lowest BCUT2D eigenvalue weighted by atomic mass is 9.76. The Morgan fingerprint density at radius 3 is 1.31 bits per heavy atom. The molecule has 0 aromatic heterocycles. The molecule has 2 aliphatic rings. The second kappa shape index (κ2) is 15.5. The minimum Gasteiger partial charge on any atom is -0.463 e. The molecule has 0 radical (unpaired) electrons. The number of carbonyl (C=O) groups is 2. The minimum atomic E-state index is -0.997. The molecule has 8 heteroatoms. The van der Waals surface area contributed by atoms with Gasteiger partial charge in [0.2, 0.25) is 0 Å². The van der Waals surface area contributed by atoms with Gasteiger partial charge in [-0.05, 0) is 74.7 Å². The molecule has 2 N–H and O–H groups in total. The molecule has 0 saturated heterocycles. The fourth-order valence-corrected chi connectivity index (χ4v) is 5.01. The molecule has 42 heavy (non-hydrogen) atoms. The number of hydrogen-bond donors (Lipinski definition) is 2. The summed E-state index contributed by atoms with van der Waals surface area (Å²) >= 11 is 0. The van der Waals surface area contributed by atoms with Gasteiger partial charge in [0.15, 0.2) is 0 Å². The number of hydrogen-bond acceptors (Lipinski definition) is 8. The van der Waals surface area contributed by atoms with Gasteiger partial charge in [0.05, 0.1) is 37.6 Å². The summed E-state index contributed by atoms with van der Waals surface area (Å²) in [5, 5.41) is 21.1. The maximum absolute atomic E-state index is 12.1. The number of ether oxygens (including phenoxy) is 4. The van der Waals surface area contributed by atoms with E-state index in [1.807, 2.05) is 24.3 Å². The Hall–Kier alpha value is -2.26. The summed E-state index contributed by atoms with van der Waals surface area (Å²) in [5.41, 5.74) is 2.36. The highest BCUT2D eigenvalue weighted by Crippen LogP contribution is 2.39. The molecule has 0 aliphatic heterocycles. The topological polar surface area (TPSA) is 112 Å². The second-order valence-corrected chi connectivity index (χ2v) is 13.9. The molecule has 2 aliphatic carbocycles. The van der Waals surface area contributed by atoms with Crippen molar-refractivity contribution in [2.45, 2.75) is 105 Å². The standard InChI is InChI=1S/C34H54O8/c1-31(2,3)27-19-25(21-33(7,37)23-27)9-11-29(35)41-17-15-39-13-14-40-16-18-42-30(36)12-10-26-20-28(32(4,5)6)24-34(8,38)22-26/h21-24,37-38H,9-20H2,1-8H3. The number of carbonyl (C=O) groups excluding carboxylic acids is 2. The summed E-state index contributed by atoms with van der Waals surface area (Å²) in [5.74, 6) is -0.583. The molecule has 0 fully saturated rings. The Balaban J connectivity index is 1.49. The Morgan fingerprint density at radius 1 is 0.643 bits per heavy atom. The van der Waals surface area contributed by atoms with E-state index in [2.05, 4.69) is 41.5 Å². The summed E-state index contributed by atoms with van der Waals surface area (Å²) in [6.45, 7) is 17.8. The van der Waals surface area contributed by atoms with Gasteiger partial charge >= 0.3 is 11.9 Å². The molecule has 238 valence electrons. The van der Waals surface area contributed by atoms with Crippen LogP contribution >= 0.6 is 0 Å². The van der Waals surface area contributed by atoms with Crippen molar-refractivity contribution in [1.29, 1.82) is 0 Å². The third-order valence-electron chi connectivity index (χ3n) is 7.34. The van der Waals surface area contributed by atoms with Crippen LogP contribution in [0.2, 0.25) is 0 Å². The minimum absolute atomic E-state index is 0.0398. The van der Waals surface area contributed by atoms with E-state index in [1.54, 1.807) is 13.8 Å². The molecule has 2 atom stereocenters. The molecule has 0 spiro atoms. The van der Waals surface area contributed by atoms with Gasteiger partial charge in [-0.25, -0.2) is 0 Å². The van der Waals surface area contributed by atoms with Gasteiger partial charge < -0.3 is 29.2 Å². The van der Waals surface area contributed by atoms with E-state index >= 15 is 0 Å². The van der Waals surface area contributed by atoms with Crippen molar-refractivity contribution in [1.82, 2.24) is 0 Å². The molecular weight excluding hydrogens is 536 g/mol. The molecule has 0 bridgehead atoms. The van der Waals surface area contributed by atoms with Crippen LogP contribution in [0.4, 0.5) is 0 Å². The number of aliphatic hydroxyl groups is 2. The summed E-state index contributed by atoms with van der Waals surface area (Å²) in [6, 6.07) is 0. The lowest BCUT2D eigenvalue weighted by Gasteiger charge is -2.32. The zero-order chi connectivity index (χ0) is 31.6. The quantitative estimate of drug-likeness (QED) is 0.140. The maximum atomic E-state index is 12.1. The van der Waals surface area contributed by atoms with E-state index in [-0.39, 0.29) is 62.0 Å². The molecule has 0 heterocycles. The van der Waals surface area contributed by atoms with E-state index in [0.29, 0.717) is 26.1 Å². The highest BCUT2D eigenvalue weighted by Gasteiger charge is 2.29. The number of esters is 2. The van der Waals surface area contributed by atoms with Crippen molar-refractivity contribution in [2.75, 3.05) is 39.6 Å². The lowest BCUT2D eigenvalue weighted by molar-refractivity contribution is -0.147. The fourth-order valence-electron chi connectivity index (χ4n) is 5.01. The third-order valence-corrected chi connectivity index (χ3v) is 7.34. The first-order valence-corrected chi connectivity index (χ1v) is 15.1. The lowest BCUT2D eigenvalue weighted by Crippen LogP contribution is -2.26. The summed E-state index contributed by atoms with van der Waals surface area (Å²) < 4.78 is 21.4. The first-order valence-electron chi connectivity index (χ1n) is 15.1. The van der Waals surface area contributed by atoms with Gasteiger partial charge in [0, 0.05) is 12.8 Å². The van der Waals surface area contributed by atoms with E-state index in [9.17, 15) is 19.8 Å². The predicted molar refractivity (Wildman–Crippen MR) is 164 cm³/mol. The third kappa shape index (κ3) is 13.8. The van der Waals surface area contributed by atoms with E-state index in [4.69, 9.17) is 18.9 Å². The van der Waals surface area contributed by atoms with Crippen LogP contribution in [0, 0.1) is 10.8 Å². The first-order chi connectivity index (χ1) is 19.4. The van der Waals surface area contributed by atoms with E-state index < -0.39 is 11.2 Å². The van der Waals surface area contributed by atoms with Crippen LogP contribution in [0.15, 0.2) is 46.6 Å². The monoisotopic (exact) mass is 590 g/mol. The van der Waals surface area contributed by atoms with Gasteiger partial charge in [-0.1, -0.05) is 63.8 Å². The number of rotatable bonds is 15. The van der Waals surface area contributed by atoms with Gasteiger partial charge in [-0.3, -0.25) is 9.59 Å². The fraction of sp³-hybridized carbons (Fsp3) is 0.706. The van der Waals surface area contributed by atoms with Gasteiger partial charge in [0.25, 0.3) is 0 Å². The highest BCUT2D eigenvalue weighted by molar-refractivity contribution is 5.70. The Labute approximate surface area is 252 Å². The molecule has 0 saturated carbocycles. The normalized spacial score (nSPS) is 23.0. The number of allylic oxidation sites excluding steroid dienone is 4. The molecule has 0 aromatic carbocycles.